The van der Waals surface area contributed by atoms with E-state index in [1.165, 1.54) is 38.5 Å². The Balaban J connectivity index is 2.44. The maximum absolute atomic E-state index is 6.36. The Hall–Kier alpha value is -0.0400. The van der Waals surface area contributed by atoms with E-state index in [9.17, 15) is 0 Å². The highest BCUT2D eigenvalue weighted by Crippen LogP contribution is 2.29. The van der Waals surface area contributed by atoms with Crippen LogP contribution in [0.2, 0.25) is 0 Å². The van der Waals surface area contributed by atoms with Crippen LogP contribution in [0.5, 0.6) is 0 Å². The number of hydrogen-bond donors (Lipinski definition) is 1. The summed E-state index contributed by atoms with van der Waals surface area (Å²) in [7, 11) is 0. The highest BCUT2D eigenvalue weighted by molar-refractivity contribution is 4.80. The lowest BCUT2D eigenvalue weighted by molar-refractivity contribution is 0.248. The predicted octanol–water partition coefficient (Wildman–Crippen LogP) is 3.58. The van der Waals surface area contributed by atoms with Crippen molar-refractivity contribution < 1.29 is 0 Å². The molecule has 0 aromatic carbocycles. The van der Waals surface area contributed by atoms with Crippen molar-refractivity contribution in [2.45, 2.75) is 65.3 Å². The molecule has 0 amide bonds. The van der Waals surface area contributed by atoms with Gasteiger partial charge in [0.05, 0.1) is 0 Å². The van der Waals surface area contributed by atoms with Gasteiger partial charge in [0.15, 0.2) is 0 Å². The van der Waals surface area contributed by atoms with Gasteiger partial charge in [-0.25, -0.2) is 0 Å². The average molecular weight is 197 g/mol. The van der Waals surface area contributed by atoms with Gasteiger partial charge in [-0.05, 0) is 30.6 Å². The SMILES string of the molecule is CC(C)C(C)C(N)C1CCCCCC1. The number of hydrogen-bond acceptors (Lipinski definition) is 1. The van der Waals surface area contributed by atoms with Crippen LogP contribution in [0.15, 0.2) is 0 Å². The van der Waals surface area contributed by atoms with Crippen LogP contribution < -0.4 is 5.73 Å². The minimum atomic E-state index is 0.438. The van der Waals surface area contributed by atoms with Crippen molar-refractivity contribution in [3.63, 3.8) is 0 Å². The molecule has 2 unspecified atom stereocenters. The second kappa shape index (κ2) is 5.75. The second-order valence-corrected chi connectivity index (χ2v) is 5.43. The minimum Gasteiger partial charge on any atom is -0.327 e. The molecule has 0 bridgehead atoms. The van der Waals surface area contributed by atoms with Crippen molar-refractivity contribution in [1.82, 2.24) is 0 Å². The molecule has 0 aliphatic heterocycles. The number of rotatable bonds is 3. The smallest absolute Gasteiger partial charge is 0.00954 e. The molecule has 1 saturated carbocycles. The summed E-state index contributed by atoms with van der Waals surface area (Å²) in [6.45, 7) is 6.91. The van der Waals surface area contributed by atoms with E-state index < -0.39 is 0 Å². The van der Waals surface area contributed by atoms with E-state index in [1.807, 2.05) is 0 Å². The van der Waals surface area contributed by atoms with E-state index >= 15 is 0 Å². The molecule has 1 aliphatic carbocycles. The summed E-state index contributed by atoms with van der Waals surface area (Å²) in [5.74, 6) is 2.21. The average Bonchev–Trinajstić information content (AvgIpc) is 2.43. The summed E-state index contributed by atoms with van der Waals surface area (Å²) in [4.78, 5) is 0. The fraction of sp³-hybridized carbons (Fsp3) is 1.00. The van der Waals surface area contributed by atoms with E-state index in [2.05, 4.69) is 20.8 Å². The largest absolute Gasteiger partial charge is 0.327 e. The van der Waals surface area contributed by atoms with E-state index in [0.717, 1.165) is 11.8 Å². The van der Waals surface area contributed by atoms with Crippen molar-refractivity contribution in [2.24, 2.45) is 23.5 Å². The van der Waals surface area contributed by atoms with Gasteiger partial charge in [-0.3, -0.25) is 0 Å². The van der Waals surface area contributed by atoms with Crippen LogP contribution in [0.25, 0.3) is 0 Å². The molecule has 0 aromatic heterocycles. The lowest BCUT2D eigenvalue weighted by Gasteiger charge is -2.30. The van der Waals surface area contributed by atoms with Gasteiger partial charge < -0.3 is 5.73 Å². The monoisotopic (exact) mass is 197 g/mol. The zero-order valence-corrected chi connectivity index (χ0v) is 10.1. The first-order valence-electron chi connectivity index (χ1n) is 6.38. The molecule has 84 valence electrons. The van der Waals surface area contributed by atoms with Crippen molar-refractivity contribution in [1.29, 1.82) is 0 Å². The van der Waals surface area contributed by atoms with Gasteiger partial charge in [0, 0.05) is 6.04 Å². The predicted molar refractivity (Wildman–Crippen MR) is 63.2 cm³/mol. The normalized spacial score (nSPS) is 24.6. The Morgan fingerprint density at radius 2 is 1.43 bits per heavy atom. The molecule has 1 heteroatoms. The van der Waals surface area contributed by atoms with Crippen LogP contribution in [0.3, 0.4) is 0 Å². The van der Waals surface area contributed by atoms with Crippen molar-refractivity contribution in [3.05, 3.63) is 0 Å². The van der Waals surface area contributed by atoms with Crippen molar-refractivity contribution in [3.8, 4) is 0 Å². The summed E-state index contributed by atoms with van der Waals surface area (Å²) in [5.41, 5.74) is 6.36. The first-order valence-corrected chi connectivity index (χ1v) is 6.38. The van der Waals surface area contributed by atoms with Gasteiger partial charge in [-0.15, -0.1) is 0 Å². The Labute approximate surface area is 89.5 Å². The third-order valence-electron chi connectivity index (χ3n) is 4.10. The molecule has 1 rings (SSSR count). The van der Waals surface area contributed by atoms with Gasteiger partial charge in [0.25, 0.3) is 0 Å². The van der Waals surface area contributed by atoms with Crippen molar-refractivity contribution >= 4 is 0 Å². The molecule has 2 N–H and O–H groups in total. The van der Waals surface area contributed by atoms with E-state index in [4.69, 9.17) is 5.73 Å². The van der Waals surface area contributed by atoms with Crippen LogP contribution in [0.4, 0.5) is 0 Å². The van der Waals surface area contributed by atoms with Gasteiger partial charge in [0.1, 0.15) is 0 Å². The summed E-state index contributed by atoms with van der Waals surface area (Å²) in [5, 5.41) is 0. The molecule has 1 fully saturated rings. The summed E-state index contributed by atoms with van der Waals surface area (Å²) < 4.78 is 0. The molecule has 0 saturated heterocycles. The standard InChI is InChI=1S/C13H27N/c1-10(2)11(3)13(14)12-8-6-4-5-7-9-12/h10-13H,4-9,14H2,1-3H3. The Morgan fingerprint density at radius 1 is 0.929 bits per heavy atom. The highest BCUT2D eigenvalue weighted by atomic mass is 14.7. The zero-order chi connectivity index (χ0) is 10.6. The van der Waals surface area contributed by atoms with E-state index in [0.29, 0.717) is 12.0 Å². The second-order valence-electron chi connectivity index (χ2n) is 5.43. The summed E-state index contributed by atoms with van der Waals surface area (Å²) in [6, 6.07) is 0.438. The summed E-state index contributed by atoms with van der Waals surface area (Å²) in [6.07, 6.45) is 8.42. The molecule has 0 spiro atoms. The van der Waals surface area contributed by atoms with E-state index in [-0.39, 0.29) is 0 Å². The molecule has 0 radical (unpaired) electrons. The summed E-state index contributed by atoms with van der Waals surface area (Å²) >= 11 is 0. The molecule has 0 heterocycles. The van der Waals surface area contributed by atoms with Crippen molar-refractivity contribution in [2.75, 3.05) is 0 Å². The highest BCUT2D eigenvalue weighted by Gasteiger charge is 2.25. The third kappa shape index (κ3) is 3.27. The molecule has 0 aromatic rings. The first-order chi connectivity index (χ1) is 6.63. The maximum atomic E-state index is 6.36. The number of nitrogens with two attached hydrogens (primary N) is 1. The fourth-order valence-corrected chi connectivity index (χ4v) is 2.57. The lowest BCUT2D eigenvalue weighted by Crippen LogP contribution is -2.38. The molecule has 1 aliphatic rings. The van der Waals surface area contributed by atoms with Gasteiger partial charge in [-0.2, -0.15) is 0 Å². The molecule has 1 nitrogen and oxygen atoms in total. The maximum Gasteiger partial charge on any atom is 0.00954 e. The lowest BCUT2D eigenvalue weighted by atomic mass is 9.80. The Morgan fingerprint density at radius 3 is 1.86 bits per heavy atom. The van der Waals surface area contributed by atoms with Crippen LogP contribution in [-0.4, -0.2) is 6.04 Å². The molecular formula is C13H27N. The third-order valence-corrected chi connectivity index (χ3v) is 4.10. The van der Waals surface area contributed by atoms with Crippen LogP contribution in [0.1, 0.15) is 59.3 Å². The molecular weight excluding hydrogens is 170 g/mol. The quantitative estimate of drug-likeness (QED) is 0.688. The fourth-order valence-electron chi connectivity index (χ4n) is 2.57. The van der Waals surface area contributed by atoms with E-state index in [1.54, 1.807) is 0 Å². The molecule has 2 atom stereocenters. The van der Waals surface area contributed by atoms with Gasteiger partial charge in [0.2, 0.25) is 0 Å². The Bertz CT molecular complexity index is 145. The zero-order valence-electron chi connectivity index (χ0n) is 10.1. The van der Waals surface area contributed by atoms with Crippen LogP contribution in [0, 0.1) is 17.8 Å². The van der Waals surface area contributed by atoms with Gasteiger partial charge >= 0.3 is 0 Å². The van der Waals surface area contributed by atoms with Crippen LogP contribution in [-0.2, 0) is 0 Å². The topological polar surface area (TPSA) is 26.0 Å². The van der Waals surface area contributed by atoms with Gasteiger partial charge in [-0.1, -0.05) is 46.5 Å². The first kappa shape index (κ1) is 12.0. The Kier molecular flexibility index (Phi) is 4.94. The van der Waals surface area contributed by atoms with Crippen LogP contribution >= 0.6 is 0 Å². The minimum absolute atomic E-state index is 0.438. The molecule has 14 heavy (non-hydrogen) atoms.